The Labute approximate surface area is 247 Å². The van der Waals surface area contributed by atoms with Crippen LogP contribution < -0.4 is 4.90 Å². The Morgan fingerprint density at radius 2 is 1.85 bits per heavy atom. The van der Waals surface area contributed by atoms with E-state index in [4.69, 9.17) is 23.2 Å². The van der Waals surface area contributed by atoms with Gasteiger partial charge in [0, 0.05) is 48.6 Å². The first kappa shape index (κ1) is 34.5. The molecule has 214 valence electrons. The lowest BCUT2D eigenvalue weighted by Crippen LogP contribution is -2.31. The molecular weight excluding hydrogens is 523 g/mol. The molecule has 0 radical (unpaired) electrons. The third-order valence-corrected chi connectivity index (χ3v) is 6.96. The second-order valence-electron chi connectivity index (χ2n) is 9.01. The molecule has 2 unspecified atom stereocenters. The molecule has 3 heterocycles. The molecule has 4 rings (SSSR count). The number of anilines is 1. The molecule has 3 aromatic rings. The van der Waals surface area contributed by atoms with E-state index in [1.54, 1.807) is 0 Å². The number of imidazole rings is 1. The lowest BCUT2D eigenvalue weighted by molar-refractivity contribution is 0.732. The maximum atomic E-state index is 5.99. The van der Waals surface area contributed by atoms with Crippen LogP contribution in [0.5, 0.6) is 0 Å². The standard InChI is InChI=1S/C18H21ClN2.C11H15ClN2.2C2H6/c1-5-15(18-20-9-10-21(18)4)11-13(2)16-7-6-8-17(12-16)14(3)19;1-9-4-2-6-11(13-9)14-7-3-5-10(14)8-12;2*1-2/h6-13H,3,5H2,1-2,4H3;2,4,6,10H,3,5,7-8H2,1H3;2*1-2H3/b15-11-;;;. The minimum absolute atomic E-state index is 0.299. The van der Waals surface area contributed by atoms with Crippen molar-refractivity contribution in [3.8, 4) is 0 Å². The van der Waals surface area contributed by atoms with Crippen molar-refractivity contribution in [3.63, 3.8) is 0 Å². The van der Waals surface area contributed by atoms with Gasteiger partial charge in [-0.05, 0) is 67.0 Å². The summed E-state index contributed by atoms with van der Waals surface area (Å²) in [5, 5.41) is 0.577. The first-order valence-corrected chi connectivity index (χ1v) is 15.1. The monoisotopic (exact) mass is 570 g/mol. The number of pyridine rings is 1. The number of hydrogen-bond acceptors (Lipinski definition) is 3. The summed E-state index contributed by atoms with van der Waals surface area (Å²) < 4.78 is 2.05. The van der Waals surface area contributed by atoms with Crippen molar-refractivity contribution in [3.05, 3.63) is 90.2 Å². The van der Waals surface area contributed by atoms with E-state index in [2.05, 4.69) is 70.2 Å². The molecule has 1 fully saturated rings. The lowest BCUT2D eigenvalue weighted by Gasteiger charge is -2.24. The number of alkyl halides is 1. The number of halogens is 2. The minimum Gasteiger partial charge on any atom is -0.352 e. The van der Waals surface area contributed by atoms with E-state index in [-0.39, 0.29) is 0 Å². The molecule has 1 aromatic carbocycles. The number of aromatic nitrogens is 3. The first-order chi connectivity index (χ1) is 18.8. The quantitative estimate of drug-likeness (QED) is 0.265. The highest BCUT2D eigenvalue weighted by atomic mass is 35.5. The van der Waals surface area contributed by atoms with Gasteiger partial charge >= 0.3 is 0 Å². The van der Waals surface area contributed by atoms with Gasteiger partial charge in [0.2, 0.25) is 0 Å². The second kappa shape index (κ2) is 18.7. The summed E-state index contributed by atoms with van der Waals surface area (Å²) in [7, 11) is 2.02. The van der Waals surface area contributed by atoms with Gasteiger partial charge in [-0.3, -0.25) is 0 Å². The Bertz CT molecular complexity index is 1150. The van der Waals surface area contributed by atoms with Crippen molar-refractivity contribution in [1.29, 1.82) is 0 Å². The Hall–Kier alpha value is -2.56. The van der Waals surface area contributed by atoms with Crippen LogP contribution in [0.4, 0.5) is 5.82 Å². The molecule has 39 heavy (non-hydrogen) atoms. The van der Waals surface area contributed by atoms with E-state index in [1.807, 2.05) is 72.3 Å². The van der Waals surface area contributed by atoms with Crippen LogP contribution in [0.1, 0.15) is 89.4 Å². The fraction of sp³-hybridized carbons (Fsp3) is 0.455. The van der Waals surface area contributed by atoms with Crippen LogP contribution in [0, 0.1) is 6.92 Å². The molecule has 0 bridgehead atoms. The van der Waals surface area contributed by atoms with Crippen molar-refractivity contribution in [2.75, 3.05) is 17.3 Å². The molecule has 0 N–H and O–H groups in total. The first-order valence-electron chi connectivity index (χ1n) is 14.2. The third-order valence-electron chi connectivity index (χ3n) is 6.39. The Morgan fingerprint density at radius 1 is 1.15 bits per heavy atom. The molecule has 2 atom stereocenters. The Kier molecular flexibility index (Phi) is 16.5. The summed E-state index contributed by atoms with van der Waals surface area (Å²) >= 11 is 11.9. The van der Waals surface area contributed by atoms with Crippen LogP contribution in [0.25, 0.3) is 10.6 Å². The summed E-state index contributed by atoms with van der Waals surface area (Å²) in [4.78, 5) is 11.3. The highest BCUT2D eigenvalue weighted by Gasteiger charge is 2.24. The molecule has 2 aromatic heterocycles. The second-order valence-corrected chi connectivity index (χ2v) is 9.77. The normalized spacial score (nSPS) is 15.2. The Balaban J connectivity index is 0.000000366. The van der Waals surface area contributed by atoms with Gasteiger partial charge in [0.1, 0.15) is 11.6 Å². The number of allylic oxidation sites excluding steroid dienone is 2. The van der Waals surface area contributed by atoms with E-state index < -0.39 is 0 Å². The largest absolute Gasteiger partial charge is 0.352 e. The van der Waals surface area contributed by atoms with Crippen molar-refractivity contribution in [2.45, 2.75) is 79.7 Å². The van der Waals surface area contributed by atoms with Gasteiger partial charge in [-0.25, -0.2) is 9.97 Å². The molecular formula is C33H48Cl2N4. The van der Waals surface area contributed by atoms with Crippen LogP contribution >= 0.6 is 23.2 Å². The number of aryl methyl sites for hydroxylation is 2. The highest BCUT2D eigenvalue weighted by Crippen LogP contribution is 2.27. The van der Waals surface area contributed by atoms with E-state index in [1.165, 1.54) is 24.0 Å². The van der Waals surface area contributed by atoms with Gasteiger partial charge in [0.05, 0.1) is 0 Å². The van der Waals surface area contributed by atoms with Gasteiger partial charge in [0.15, 0.2) is 0 Å². The van der Waals surface area contributed by atoms with E-state index in [9.17, 15) is 0 Å². The molecule has 0 saturated carbocycles. The molecule has 1 saturated heterocycles. The molecule has 0 amide bonds. The summed E-state index contributed by atoms with van der Waals surface area (Å²) in [6, 6.07) is 14.8. The summed E-state index contributed by atoms with van der Waals surface area (Å²) in [6.45, 7) is 19.3. The predicted octanol–water partition coefficient (Wildman–Crippen LogP) is 9.88. The number of benzene rings is 1. The maximum Gasteiger partial charge on any atom is 0.135 e. The topological polar surface area (TPSA) is 34.0 Å². The van der Waals surface area contributed by atoms with Crippen molar-refractivity contribution in [1.82, 2.24) is 14.5 Å². The Morgan fingerprint density at radius 3 is 2.41 bits per heavy atom. The molecule has 4 nitrogen and oxygen atoms in total. The molecule has 0 aliphatic carbocycles. The zero-order chi connectivity index (χ0) is 29.4. The third kappa shape index (κ3) is 10.5. The molecule has 1 aliphatic rings. The van der Waals surface area contributed by atoms with Crippen LogP contribution in [0.2, 0.25) is 0 Å². The van der Waals surface area contributed by atoms with Gasteiger partial charge in [-0.1, -0.05) is 90.1 Å². The van der Waals surface area contributed by atoms with Crippen LogP contribution in [-0.2, 0) is 7.05 Å². The van der Waals surface area contributed by atoms with Crippen LogP contribution in [-0.4, -0.2) is 33.0 Å². The SMILES string of the molecule is C=C(Cl)c1cccc(C(C)/C=C(/CC)c2nccn2C)c1.CC.CC.Cc1cccc(N2CCCC2CCl)n1. The van der Waals surface area contributed by atoms with E-state index in [0.717, 1.165) is 35.9 Å². The average Bonchev–Trinajstić information content (AvgIpc) is 3.63. The van der Waals surface area contributed by atoms with Crippen molar-refractivity contribution < 1.29 is 0 Å². The van der Waals surface area contributed by atoms with Crippen LogP contribution in [0.15, 0.2) is 67.5 Å². The smallest absolute Gasteiger partial charge is 0.135 e. The van der Waals surface area contributed by atoms with Crippen molar-refractivity contribution in [2.24, 2.45) is 7.05 Å². The summed E-state index contributed by atoms with van der Waals surface area (Å²) in [5.41, 5.74) is 4.53. The zero-order valence-electron chi connectivity index (χ0n) is 25.2. The van der Waals surface area contributed by atoms with Crippen molar-refractivity contribution >= 4 is 39.6 Å². The average molecular weight is 572 g/mol. The zero-order valence-corrected chi connectivity index (χ0v) is 26.7. The summed E-state index contributed by atoms with van der Waals surface area (Å²) in [6.07, 6.45) is 9.46. The van der Waals surface area contributed by atoms with Gasteiger partial charge in [0.25, 0.3) is 0 Å². The van der Waals surface area contributed by atoms with Gasteiger partial charge in [-0.15, -0.1) is 11.6 Å². The van der Waals surface area contributed by atoms with Gasteiger partial charge < -0.3 is 9.47 Å². The highest BCUT2D eigenvalue weighted by molar-refractivity contribution is 6.48. The molecule has 0 spiro atoms. The predicted molar refractivity (Wildman–Crippen MR) is 174 cm³/mol. The fourth-order valence-electron chi connectivity index (χ4n) is 4.40. The maximum absolute atomic E-state index is 5.99. The van der Waals surface area contributed by atoms with Crippen LogP contribution in [0.3, 0.4) is 0 Å². The number of rotatable bonds is 7. The van der Waals surface area contributed by atoms with E-state index >= 15 is 0 Å². The van der Waals surface area contributed by atoms with E-state index in [0.29, 0.717) is 22.9 Å². The number of hydrogen-bond donors (Lipinski definition) is 0. The molecule has 6 heteroatoms. The van der Waals surface area contributed by atoms with Gasteiger partial charge in [-0.2, -0.15) is 0 Å². The lowest BCUT2D eigenvalue weighted by atomic mass is 9.95. The number of nitrogens with zero attached hydrogens (tertiary/aromatic N) is 4. The molecule has 1 aliphatic heterocycles. The summed E-state index contributed by atoms with van der Waals surface area (Å²) in [5.74, 6) is 3.11. The fourth-order valence-corrected chi connectivity index (χ4v) is 4.84. The minimum atomic E-state index is 0.299.